The summed E-state index contributed by atoms with van der Waals surface area (Å²) in [5, 5.41) is 4.87. The average molecular weight is 406 g/mol. The minimum absolute atomic E-state index is 0.0679. The zero-order valence-corrected chi connectivity index (χ0v) is 16.5. The summed E-state index contributed by atoms with van der Waals surface area (Å²) in [4.78, 5) is 17.0. The van der Waals surface area contributed by atoms with E-state index in [1.807, 2.05) is 12.3 Å². The van der Waals surface area contributed by atoms with E-state index in [0.717, 1.165) is 11.9 Å². The van der Waals surface area contributed by atoms with Gasteiger partial charge in [0.1, 0.15) is 5.56 Å². The molecule has 10 heteroatoms. The van der Waals surface area contributed by atoms with Gasteiger partial charge in [0.05, 0.1) is 19.4 Å². The third kappa shape index (κ3) is 4.29. The number of fused-ring (bicyclic) bond motifs is 1. The molecule has 0 amide bonds. The molecule has 1 aromatic rings. The van der Waals surface area contributed by atoms with E-state index in [-0.39, 0.29) is 12.2 Å². The van der Waals surface area contributed by atoms with E-state index in [1.165, 1.54) is 16.4 Å². The second-order valence-electron chi connectivity index (χ2n) is 5.75. The Morgan fingerprint density at radius 3 is 2.81 bits per heavy atom. The monoisotopic (exact) mass is 406 g/mol. The van der Waals surface area contributed by atoms with E-state index >= 15 is 0 Å². The highest BCUT2D eigenvalue weighted by atomic mass is 32.2. The molecule has 0 N–H and O–H groups in total. The van der Waals surface area contributed by atoms with E-state index in [4.69, 9.17) is 4.18 Å². The first-order valence-corrected chi connectivity index (χ1v) is 11.0. The number of hydrogen-bond acceptors (Lipinski definition) is 7. The van der Waals surface area contributed by atoms with Crippen LogP contribution in [0.25, 0.3) is 17.1 Å². The van der Waals surface area contributed by atoms with Gasteiger partial charge in [0.2, 0.25) is 0 Å². The number of hydrogen-bond donors (Lipinski definition) is 0. The van der Waals surface area contributed by atoms with E-state index in [9.17, 15) is 13.2 Å². The van der Waals surface area contributed by atoms with Crippen LogP contribution in [0, 0.1) is 0 Å². The first kappa shape index (κ1) is 19.3. The predicted molar refractivity (Wildman–Crippen MR) is 104 cm³/mol. The maximum atomic E-state index is 12.5. The lowest BCUT2D eigenvalue weighted by Crippen LogP contribution is -2.16. The zero-order valence-electron chi connectivity index (χ0n) is 14.8. The summed E-state index contributed by atoms with van der Waals surface area (Å²) in [5.41, 5.74) is 1.57. The van der Waals surface area contributed by atoms with Crippen molar-refractivity contribution in [2.75, 3.05) is 12.5 Å². The third-order valence-corrected chi connectivity index (χ3v) is 4.90. The maximum Gasteiger partial charge on any atom is 0.279 e. The van der Waals surface area contributed by atoms with Crippen molar-refractivity contribution in [2.45, 2.75) is 18.3 Å². The fraction of sp³-hybridized carbons (Fsp3) is 0.235. The van der Waals surface area contributed by atoms with Crippen LogP contribution in [0.1, 0.15) is 5.56 Å². The molecule has 0 fully saturated rings. The molecule has 8 nitrogen and oxygen atoms in total. The maximum absolute atomic E-state index is 12.5. The summed E-state index contributed by atoms with van der Waals surface area (Å²) in [6, 6.07) is 7.19. The van der Waals surface area contributed by atoms with Crippen molar-refractivity contribution in [1.29, 1.82) is 0 Å². The van der Waals surface area contributed by atoms with Crippen molar-refractivity contribution in [3.63, 3.8) is 0 Å². The lowest BCUT2D eigenvalue weighted by molar-refractivity contribution is 0.311. The molecule has 0 aliphatic carbocycles. The lowest BCUT2D eigenvalue weighted by Gasteiger charge is -2.13. The molecule has 0 saturated heterocycles. The van der Waals surface area contributed by atoms with Gasteiger partial charge >= 0.3 is 0 Å². The van der Waals surface area contributed by atoms with Crippen LogP contribution in [0.3, 0.4) is 0 Å². The summed E-state index contributed by atoms with van der Waals surface area (Å²) in [5.74, 6) is 0.374. The summed E-state index contributed by atoms with van der Waals surface area (Å²) in [6.07, 6.45) is 6.17. The molecular weight excluding hydrogens is 388 g/mol. The Hall–Kier alpha value is -2.43. The van der Waals surface area contributed by atoms with E-state index in [0.29, 0.717) is 28.7 Å². The number of thioether (sulfide) groups is 1. The highest BCUT2D eigenvalue weighted by molar-refractivity contribution is 7.98. The van der Waals surface area contributed by atoms with Crippen molar-refractivity contribution >= 4 is 21.9 Å². The van der Waals surface area contributed by atoms with E-state index in [1.54, 1.807) is 35.0 Å². The fourth-order valence-corrected chi connectivity index (χ4v) is 3.40. The highest BCUT2D eigenvalue weighted by Crippen LogP contribution is 2.24. The molecule has 0 spiro atoms. The number of rotatable bonds is 7. The topological polar surface area (TPSA) is 96.1 Å². The fourth-order valence-electron chi connectivity index (χ4n) is 2.52. The van der Waals surface area contributed by atoms with Crippen LogP contribution in [-0.2, 0) is 27.5 Å². The van der Waals surface area contributed by atoms with Crippen LogP contribution in [0.2, 0.25) is 0 Å². The van der Waals surface area contributed by atoms with Crippen molar-refractivity contribution < 1.29 is 12.6 Å². The molecule has 0 atom stereocenters. The summed E-state index contributed by atoms with van der Waals surface area (Å²) >= 11 is 1.41. The Labute approximate surface area is 161 Å². The first-order valence-electron chi connectivity index (χ1n) is 7.91. The molecule has 27 heavy (non-hydrogen) atoms. The lowest BCUT2D eigenvalue weighted by atomic mass is 10.2. The van der Waals surface area contributed by atoms with Crippen LogP contribution in [0.4, 0.5) is 0 Å². The summed E-state index contributed by atoms with van der Waals surface area (Å²) in [7, 11) is -3.53. The van der Waals surface area contributed by atoms with Gasteiger partial charge in [0.15, 0.2) is 11.0 Å². The molecule has 1 aromatic carbocycles. The van der Waals surface area contributed by atoms with Crippen molar-refractivity contribution in [3.8, 4) is 17.1 Å². The Morgan fingerprint density at radius 2 is 2.15 bits per heavy atom. The number of nitrogens with zero attached hydrogens (tertiary/aromatic N) is 4. The molecule has 0 bridgehead atoms. The van der Waals surface area contributed by atoms with Crippen molar-refractivity contribution in [3.05, 3.63) is 59.0 Å². The molecular formula is C17H18N4O4S2. The highest BCUT2D eigenvalue weighted by Gasteiger charge is 2.19. The van der Waals surface area contributed by atoms with Gasteiger partial charge in [-0.3, -0.25) is 13.5 Å². The van der Waals surface area contributed by atoms with Gasteiger partial charge in [0, 0.05) is 11.9 Å². The van der Waals surface area contributed by atoms with Gasteiger partial charge in [0.25, 0.3) is 15.7 Å². The molecule has 0 saturated carbocycles. The van der Waals surface area contributed by atoms with Gasteiger partial charge in [-0.15, -0.1) is 11.7 Å². The molecule has 142 valence electrons. The Morgan fingerprint density at radius 1 is 1.37 bits per heavy atom. The molecule has 0 unspecified atom stereocenters. The Kier molecular flexibility index (Phi) is 5.49. The van der Waals surface area contributed by atoms with Gasteiger partial charge in [-0.1, -0.05) is 30.0 Å². The standard InChI is InChI=1S/C17H18N4O4S2/c1-4-8-21-16(22)14-10-20(17(26-2)18-15(14)19-21)13-7-5-6-12(9-13)11-25-27(3,23)24/h4-7,9-10H,1,8,11H2,2-3H3. The molecule has 0 aromatic heterocycles. The zero-order chi connectivity index (χ0) is 19.6. The van der Waals surface area contributed by atoms with E-state index in [2.05, 4.69) is 16.7 Å². The summed E-state index contributed by atoms with van der Waals surface area (Å²) < 4.78 is 30.4. The Balaban J connectivity index is 2.08. The SMILES string of the molecule is C=CCn1nc2nc(SC)n(-c3cccc(COS(C)(=O)=O)c3)cc-2c1=O. The van der Waals surface area contributed by atoms with Gasteiger partial charge in [-0.2, -0.15) is 8.42 Å². The second-order valence-corrected chi connectivity index (χ2v) is 8.16. The van der Waals surface area contributed by atoms with Crippen LogP contribution in [0.5, 0.6) is 0 Å². The molecule has 2 heterocycles. The largest absolute Gasteiger partial charge is 0.295 e. The van der Waals surface area contributed by atoms with Crippen LogP contribution < -0.4 is 5.56 Å². The third-order valence-electron chi connectivity index (χ3n) is 3.70. The minimum atomic E-state index is -3.53. The van der Waals surface area contributed by atoms with Gasteiger partial charge < -0.3 is 0 Å². The quantitative estimate of drug-likeness (QED) is 0.256. The summed E-state index contributed by atoms with van der Waals surface area (Å²) in [6.45, 7) is 3.87. The van der Waals surface area contributed by atoms with Gasteiger partial charge in [-0.25, -0.2) is 9.67 Å². The number of allylic oxidation sites excluding steroid dienone is 1. The minimum Gasteiger partial charge on any atom is -0.295 e. The predicted octanol–water partition coefficient (Wildman–Crippen LogP) is 1.92. The Bertz CT molecular complexity index is 1120. The van der Waals surface area contributed by atoms with Gasteiger partial charge in [-0.05, 0) is 24.0 Å². The molecule has 0 radical (unpaired) electrons. The van der Waals surface area contributed by atoms with Crippen molar-refractivity contribution in [1.82, 2.24) is 19.3 Å². The van der Waals surface area contributed by atoms with Crippen LogP contribution in [-0.4, -0.2) is 40.3 Å². The second kappa shape index (κ2) is 7.67. The van der Waals surface area contributed by atoms with E-state index < -0.39 is 10.1 Å². The number of aromatic nitrogens is 4. The van der Waals surface area contributed by atoms with Crippen molar-refractivity contribution in [2.24, 2.45) is 0 Å². The molecule has 2 aliphatic rings. The molecule has 2 aliphatic heterocycles. The average Bonchev–Trinajstić information content (AvgIpc) is 2.94. The molecule has 3 rings (SSSR count). The van der Waals surface area contributed by atoms with Crippen LogP contribution in [0.15, 0.2) is 53.1 Å². The smallest absolute Gasteiger partial charge is 0.279 e. The first-order chi connectivity index (χ1) is 12.8. The van der Waals surface area contributed by atoms with Crippen LogP contribution >= 0.6 is 11.8 Å². The normalized spacial score (nSPS) is 11.8. The number of benzene rings is 1.